The summed E-state index contributed by atoms with van der Waals surface area (Å²) in [7, 11) is 1.18. The Bertz CT molecular complexity index is 566. The van der Waals surface area contributed by atoms with Crippen LogP contribution in [0.2, 0.25) is 0 Å². The van der Waals surface area contributed by atoms with Crippen molar-refractivity contribution in [1.29, 1.82) is 0 Å². The minimum atomic E-state index is -3.17. The van der Waals surface area contributed by atoms with Gasteiger partial charge in [0.15, 0.2) is 11.5 Å². The smallest absolute Gasteiger partial charge is 0.387 e. The van der Waals surface area contributed by atoms with Gasteiger partial charge in [0.1, 0.15) is 5.56 Å². The molecule has 0 spiro atoms. The molecular formula is C14H18F2N2O5. The summed E-state index contributed by atoms with van der Waals surface area (Å²) in [4.78, 5) is 22.3. The van der Waals surface area contributed by atoms with Gasteiger partial charge in [0.25, 0.3) is 11.6 Å². The van der Waals surface area contributed by atoms with E-state index in [4.69, 9.17) is 4.74 Å². The molecule has 128 valence electrons. The van der Waals surface area contributed by atoms with Crippen LogP contribution in [0.1, 0.15) is 36.5 Å². The van der Waals surface area contributed by atoms with E-state index in [1.165, 1.54) is 7.11 Å². The second kappa shape index (κ2) is 8.86. The van der Waals surface area contributed by atoms with Crippen molar-refractivity contribution in [2.24, 2.45) is 0 Å². The number of rotatable bonds is 9. The summed E-state index contributed by atoms with van der Waals surface area (Å²) in [5.41, 5.74) is -0.903. The SMILES string of the molecule is CCCCCNC(=O)c1cc(OC)c(OC(F)F)cc1[N+](=O)[O-]. The molecule has 0 radical (unpaired) electrons. The third-order valence-corrected chi connectivity index (χ3v) is 3.01. The predicted octanol–water partition coefficient (Wildman–Crippen LogP) is 3.12. The van der Waals surface area contributed by atoms with Crippen molar-refractivity contribution < 1.29 is 28.0 Å². The molecule has 1 N–H and O–H groups in total. The number of methoxy groups -OCH3 is 1. The fourth-order valence-corrected chi connectivity index (χ4v) is 1.90. The number of halogens is 2. The Balaban J connectivity index is 3.09. The van der Waals surface area contributed by atoms with Gasteiger partial charge in [-0.15, -0.1) is 0 Å². The number of nitro groups is 1. The molecule has 1 rings (SSSR count). The topological polar surface area (TPSA) is 90.7 Å². The molecule has 7 nitrogen and oxygen atoms in total. The van der Waals surface area contributed by atoms with Gasteiger partial charge in [-0.05, 0) is 6.42 Å². The lowest BCUT2D eigenvalue weighted by Gasteiger charge is -2.12. The summed E-state index contributed by atoms with van der Waals surface area (Å²) in [6.07, 6.45) is 2.61. The van der Waals surface area contributed by atoms with Crippen LogP contribution in [0.3, 0.4) is 0 Å². The van der Waals surface area contributed by atoms with Gasteiger partial charge in [-0.2, -0.15) is 8.78 Å². The van der Waals surface area contributed by atoms with E-state index >= 15 is 0 Å². The maximum atomic E-state index is 12.3. The number of hydrogen-bond acceptors (Lipinski definition) is 5. The first-order valence-electron chi connectivity index (χ1n) is 7.00. The van der Waals surface area contributed by atoms with E-state index in [0.29, 0.717) is 6.54 Å². The number of unbranched alkanes of at least 4 members (excludes halogenated alkanes) is 2. The fourth-order valence-electron chi connectivity index (χ4n) is 1.90. The van der Waals surface area contributed by atoms with Crippen molar-refractivity contribution in [3.8, 4) is 11.5 Å². The highest BCUT2D eigenvalue weighted by atomic mass is 19.3. The van der Waals surface area contributed by atoms with Gasteiger partial charge in [-0.1, -0.05) is 19.8 Å². The molecule has 1 amide bonds. The zero-order valence-electron chi connectivity index (χ0n) is 12.8. The number of nitro benzene ring substituents is 1. The highest BCUT2D eigenvalue weighted by Crippen LogP contribution is 2.35. The molecule has 0 aliphatic rings. The number of nitrogens with zero attached hydrogens (tertiary/aromatic N) is 1. The second-order valence-corrected chi connectivity index (χ2v) is 4.62. The molecule has 0 aliphatic heterocycles. The maximum absolute atomic E-state index is 12.3. The summed E-state index contributed by atoms with van der Waals surface area (Å²) in [6, 6.07) is 1.77. The van der Waals surface area contributed by atoms with Crippen molar-refractivity contribution in [3.63, 3.8) is 0 Å². The van der Waals surface area contributed by atoms with Crippen LogP contribution in [0.15, 0.2) is 12.1 Å². The molecule has 0 saturated heterocycles. The third kappa shape index (κ3) is 5.35. The number of carbonyl (C=O) groups is 1. The summed E-state index contributed by atoms with van der Waals surface area (Å²) < 4.78 is 33.7. The number of amides is 1. The number of nitrogens with one attached hydrogen (secondary N) is 1. The van der Waals surface area contributed by atoms with E-state index in [0.717, 1.165) is 31.4 Å². The van der Waals surface area contributed by atoms with Gasteiger partial charge in [-0.3, -0.25) is 14.9 Å². The average molecular weight is 332 g/mol. The lowest BCUT2D eigenvalue weighted by atomic mass is 10.1. The summed E-state index contributed by atoms with van der Waals surface area (Å²) in [5, 5.41) is 13.6. The standard InChI is InChI=1S/C14H18F2N2O5/c1-3-4-5-6-17-13(19)9-7-11(22-2)12(23-14(15)16)8-10(9)18(20)21/h7-8,14H,3-6H2,1-2H3,(H,17,19). The Hall–Kier alpha value is -2.45. The predicted molar refractivity (Wildman–Crippen MR) is 78.1 cm³/mol. The molecule has 0 heterocycles. The van der Waals surface area contributed by atoms with Crippen molar-refractivity contribution in [1.82, 2.24) is 5.32 Å². The van der Waals surface area contributed by atoms with Crippen LogP contribution in [-0.4, -0.2) is 31.1 Å². The van der Waals surface area contributed by atoms with Gasteiger partial charge in [0.2, 0.25) is 0 Å². The number of carbonyl (C=O) groups excluding carboxylic acids is 1. The molecule has 0 bridgehead atoms. The highest BCUT2D eigenvalue weighted by molar-refractivity contribution is 5.99. The summed E-state index contributed by atoms with van der Waals surface area (Å²) in [6.45, 7) is -0.807. The van der Waals surface area contributed by atoms with Gasteiger partial charge < -0.3 is 14.8 Å². The molecular weight excluding hydrogens is 314 g/mol. The van der Waals surface area contributed by atoms with Crippen LogP contribution in [0, 0.1) is 10.1 Å². The number of hydrogen-bond donors (Lipinski definition) is 1. The zero-order chi connectivity index (χ0) is 17.4. The number of ether oxygens (including phenoxy) is 2. The quantitative estimate of drug-likeness (QED) is 0.426. The summed E-state index contributed by atoms with van der Waals surface area (Å²) >= 11 is 0. The largest absolute Gasteiger partial charge is 0.493 e. The molecule has 0 fully saturated rings. The first kappa shape index (κ1) is 18.6. The molecule has 23 heavy (non-hydrogen) atoms. The monoisotopic (exact) mass is 332 g/mol. The normalized spacial score (nSPS) is 10.5. The molecule has 0 aromatic heterocycles. The fraction of sp³-hybridized carbons (Fsp3) is 0.500. The molecule has 0 saturated carbocycles. The molecule has 0 atom stereocenters. The van der Waals surface area contributed by atoms with Crippen LogP contribution in [0.4, 0.5) is 14.5 Å². The van der Waals surface area contributed by atoms with E-state index in [1.54, 1.807) is 0 Å². The Morgan fingerprint density at radius 3 is 2.57 bits per heavy atom. The zero-order valence-corrected chi connectivity index (χ0v) is 12.8. The van der Waals surface area contributed by atoms with Crippen molar-refractivity contribution in [2.45, 2.75) is 32.8 Å². The van der Waals surface area contributed by atoms with Gasteiger partial charge >= 0.3 is 6.61 Å². The van der Waals surface area contributed by atoms with Crippen LogP contribution in [-0.2, 0) is 0 Å². The average Bonchev–Trinajstić information content (AvgIpc) is 2.50. The molecule has 1 aromatic carbocycles. The van der Waals surface area contributed by atoms with Crippen molar-refractivity contribution in [2.75, 3.05) is 13.7 Å². The minimum absolute atomic E-state index is 0.186. The van der Waals surface area contributed by atoms with Crippen LogP contribution >= 0.6 is 0 Å². The van der Waals surface area contributed by atoms with E-state index in [2.05, 4.69) is 10.1 Å². The Kier molecular flexibility index (Phi) is 7.17. The maximum Gasteiger partial charge on any atom is 0.387 e. The van der Waals surface area contributed by atoms with Crippen molar-refractivity contribution in [3.05, 3.63) is 27.8 Å². The third-order valence-electron chi connectivity index (χ3n) is 3.01. The Labute approximate surface area is 131 Å². The minimum Gasteiger partial charge on any atom is -0.493 e. The van der Waals surface area contributed by atoms with E-state index in [-0.39, 0.29) is 11.3 Å². The number of alkyl halides is 2. The molecule has 1 aromatic rings. The second-order valence-electron chi connectivity index (χ2n) is 4.62. The van der Waals surface area contributed by atoms with E-state index in [9.17, 15) is 23.7 Å². The van der Waals surface area contributed by atoms with Crippen LogP contribution in [0.25, 0.3) is 0 Å². The first-order valence-corrected chi connectivity index (χ1v) is 7.00. The lowest BCUT2D eigenvalue weighted by Crippen LogP contribution is -2.25. The molecule has 9 heteroatoms. The van der Waals surface area contributed by atoms with Crippen molar-refractivity contribution >= 4 is 11.6 Å². The summed E-state index contributed by atoms with van der Waals surface area (Å²) in [5.74, 6) is -1.36. The highest BCUT2D eigenvalue weighted by Gasteiger charge is 2.25. The van der Waals surface area contributed by atoms with Gasteiger partial charge in [0.05, 0.1) is 18.1 Å². The molecule has 0 unspecified atom stereocenters. The van der Waals surface area contributed by atoms with Gasteiger partial charge in [-0.25, -0.2) is 0 Å². The molecule has 0 aliphatic carbocycles. The van der Waals surface area contributed by atoms with Gasteiger partial charge in [0, 0.05) is 12.6 Å². The van der Waals surface area contributed by atoms with Crippen LogP contribution in [0.5, 0.6) is 11.5 Å². The van der Waals surface area contributed by atoms with E-state index in [1.807, 2.05) is 6.92 Å². The Morgan fingerprint density at radius 2 is 2.04 bits per heavy atom. The lowest BCUT2D eigenvalue weighted by molar-refractivity contribution is -0.385. The number of benzene rings is 1. The van der Waals surface area contributed by atoms with Crippen LogP contribution < -0.4 is 14.8 Å². The van der Waals surface area contributed by atoms with E-state index < -0.39 is 28.9 Å². The Morgan fingerprint density at radius 1 is 1.35 bits per heavy atom. The first-order chi connectivity index (χ1) is 10.9.